The van der Waals surface area contributed by atoms with Crippen LogP contribution in [0.5, 0.6) is 5.75 Å². The van der Waals surface area contributed by atoms with Crippen molar-refractivity contribution in [3.05, 3.63) is 29.8 Å². The third-order valence-corrected chi connectivity index (χ3v) is 2.33. The van der Waals surface area contributed by atoms with Gasteiger partial charge in [0.25, 0.3) is 0 Å². The van der Waals surface area contributed by atoms with Crippen LogP contribution in [0, 0.1) is 0 Å². The number of phenolic OH excluding ortho intramolecular Hbond substituents is 1. The summed E-state index contributed by atoms with van der Waals surface area (Å²) in [6, 6.07) is 6.24. The number of phenols is 1. The molecule has 4 N–H and O–H groups in total. The highest BCUT2D eigenvalue weighted by atomic mass is 16.5. The van der Waals surface area contributed by atoms with Crippen LogP contribution in [-0.2, 0) is 16.0 Å². The van der Waals surface area contributed by atoms with E-state index < -0.39 is 6.04 Å². The van der Waals surface area contributed by atoms with E-state index in [1.807, 2.05) is 12.1 Å². The van der Waals surface area contributed by atoms with Crippen LogP contribution < -0.4 is 11.1 Å². The normalized spacial score (nSPS) is 12.1. The Balaban J connectivity index is 2.28. The van der Waals surface area contributed by atoms with Crippen molar-refractivity contribution in [3.63, 3.8) is 0 Å². The molecule has 1 aromatic carbocycles. The van der Waals surface area contributed by atoms with Crippen molar-refractivity contribution in [2.45, 2.75) is 12.5 Å². The second-order valence-electron chi connectivity index (χ2n) is 3.77. The summed E-state index contributed by atoms with van der Waals surface area (Å²) in [5.74, 6) is 0.0190. The minimum absolute atomic E-state index is 0.213. The number of carbonyl (C=O) groups excluding carboxylic acids is 1. The van der Waals surface area contributed by atoms with E-state index in [9.17, 15) is 4.79 Å². The lowest BCUT2D eigenvalue weighted by Gasteiger charge is -2.11. The maximum Gasteiger partial charge on any atom is 0.239 e. The third-order valence-electron chi connectivity index (χ3n) is 2.33. The van der Waals surface area contributed by atoms with Gasteiger partial charge in [0.15, 0.2) is 0 Å². The number of hydrogen-bond acceptors (Lipinski definition) is 4. The Bertz CT molecular complexity index is 351. The van der Waals surface area contributed by atoms with Crippen molar-refractivity contribution < 1.29 is 14.6 Å². The Morgan fingerprint density at radius 3 is 2.71 bits per heavy atom. The lowest BCUT2D eigenvalue weighted by Crippen LogP contribution is -2.44. The molecule has 0 fully saturated rings. The Morgan fingerprint density at radius 2 is 2.12 bits per heavy atom. The van der Waals surface area contributed by atoms with Crippen molar-refractivity contribution in [1.29, 1.82) is 0 Å². The van der Waals surface area contributed by atoms with Gasteiger partial charge in [0.2, 0.25) is 5.91 Å². The van der Waals surface area contributed by atoms with Crippen LogP contribution in [0.3, 0.4) is 0 Å². The first-order chi connectivity index (χ1) is 8.13. The zero-order chi connectivity index (χ0) is 12.7. The molecule has 1 atom stereocenters. The Morgan fingerprint density at radius 1 is 1.47 bits per heavy atom. The lowest BCUT2D eigenvalue weighted by molar-refractivity contribution is -0.123. The van der Waals surface area contributed by atoms with E-state index in [-0.39, 0.29) is 18.3 Å². The number of amides is 1. The van der Waals surface area contributed by atoms with Crippen LogP contribution in [0.1, 0.15) is 5.56 Å². The number of nitrogens with two attached hydrogens (primary N) is 1. The molecule has 94 valence electrons. The van der Waals surface area contributed by atoms with Gasteiger partial charge in [0.1, 0.15) is 11.8 Å². The summed E-state index contributed by atoms with van der Waals surface area (Å²) in [5, 5.41) is 11.8. The molecule has 0 saturated heterocycles. The molecule has 0 aliphatic heterocycles. The molecular weight excluding hydrogens is 220 g/mol. The van der Waals surface area contributed by atoms with E-state index in [4.69, 9.17) is 15.6 Å². The first-order valence-electron chi connectivity index (χ1n) is 5.43. The van der Waals surface area contributed by atoms with Gasteiger partial charge in [-0.2, -0.15) is 0 Å². The summed E-state index contributed by atoms with van der Waals surface area (Å²) in [6.45, 7) is 0.728. The van der Waals surface area contributed by atoms with Crippen LogP contribution >= 0.6 is 0 Å². The molecule has 1 aromatic rings. The molecule has 0 radical (unpaired) electrons. The van der Waals surface area contributed by atoms with Gasteiger partial charge in [-0.1, -0.05) is 12.1 Å². The van der Waals surface area contributed by atoms with E-state index >= 15 is 0 Å². The van der Waals surface area contributed by atoms with Crippen LogP contribution in [0.4, 0.5) is 0 Å². The topological polar surface area (TPSA) is 84.6 Å². The predicted octanol–water partition coefficient (Wildman–Crippen LogP) is 0.0246. The van der Waals surface area contributed by atoms with Crippen molar-refractivity contribution in [2.75, 3.05) is 20.3 Å². The average Bonchev–Trinajstić information content (AvgIpc) is 2.32. The molecule has 5 heteroatoms. The van der Waals surface area contributed by atoms with Gasteiger partial charge in [0.05, 0.1) is 6.61 Å². The van der Waals surface area contributed by atoms with Crippen molar-refractivity contribution in [2.24, 2.45) is 5.73 Å². The summed E-state index contributed by atoms with van der Waals surface area (Å²) in [5.41, 5.74) is 6.60. The number of rotatable bonds is 6. The molecule has 0 heterocycles. The number of aromatic hydroxyl groups is 1. The lowest BCUT2D eigenvalue weighted by atomic mass is 10.1. The molecule has 1 amide bonds. The molecule has 5 nitrogen and oxygen atoms in total. The van der Waals surface area contributed by atoms with E-state index in [0.29, 0.717) is 13.0 Å². The van der Waals surface area contributed by atoms with Gasteiger partial charge in [-0.15, -0.1) is 0 Å². The minimum atomic E-state index is -0.625. The van der Waals surface area contributed by atoms with Crippen LogP contribution in [0.2, 0.25) is 0 Å². The van der Waals surface area contributed by atoms with Crippen LogP contribution in [-0.4, -0.2) is 37.3 Å². The van der Waals surface area contributed by atoms with Gasteiger partial charge in [-0.25, -0.2) is 0 Å². The molecule has 1 rings (SSSR count). The maximum atomic E-state index is 11.4. The Kier molecular flexibility index (Phi) is 5.45. The first-order valence-corrected chi connectivity index (χ1v) is 5.43. The van der Waals surface area contributed by atoms with E-state index in [0.717, 1.165) is 5.56 Å². The van der Waals surface area contributed by atoms with Crippen molar-refractivity contribution in [3.8, 4) is 5.75 Å². The summed E-state index contributed by atoms with van der Waals surface area (Å²) in [7, 11) is 1.50. The summed E-state index contributed by atoms with van der Waals surface area (Å²) in [4.78, 5) is 11.4. The Hall–Kier alpha value is -1.59. The van der Waals surface area contributed by atoms with Crippen molar-refractivity contribution in [1.82, 2.24) is 5.32 Å². The molecule has 17 heavy (non-hydrogen) atoms. The second kappa shape index (κ2) is 6.88. The molecule has 0 aliphatic carbocycles. The predicted molar refractivity (Wildman–Crippen MR) is 64.7 cm³/mol. The fourth-order valence-electron chi connectivity index (χ4n) is 1.38. The van der Waals surface area contributed by atoms with Gasteiger partial charge in [0, 0.05) is 13.7 Å². The van der Waals surface area contributed by atoms with E-state index in [1.165, 1.54) is 7.11 Å². The van der Waals surface area contributed by atoms with E-state index in [2.05, 4.69) is 5.32 Å². The second-order valence-corrected chi connectivity index (χ2v) is 3.77. The molecule has 0 aromatic heterocycles. The summed E-state index contributed by atoms with van der Waals surface area (Å²) in [6.07, 6.45) is 0.700. The monoisotopic (exact) mass is 238 g/mol. The fraction of sp³-hybridized carbons (Fsp3) is 0.417. The number of benzene rings is 1. The van der Waals surface area contributed by atoms with Gasteiger partial charge < -0.3 is 20.9 Å². The number of nitrogens with one attached hydrogen (secondary N) is 1. The number of hydrogen-bond donors (Lipinski definition) is 3. The highest BCUT2D eigenvalue weighted by Crippen LogP contribution is 2.09. The van der Waals surface area contributed by atoms with Gasteiger partial charge in [-0.05, 0) is 24.1 Å². The highest BCUT2D eigenvalue weighted by Gasteiger charge is 2.11. The number of methoxy groups -OCH3 is 1. The quantitative estimate of drug-likeness (QED) is 0.652. The molecular formula is C12H18N2O3. The number of ether oxygens (including phenoxy) is 1. The van der Waals surface area contributed by atoms with Crippen LogP contribution in [0.25, 0.3) is 0 Å². The third kappa shape index (κ3) is 4.84. The van der Waals surface area contributed by atoms with Crippen LogP contribution in [0.15, 0.2) is 24.3 Å². The molecule has 0 aliphatic rings. The summed E-state index contributed by atoms with van der Waals surface area (Å²) >= 11 is 0. The molecule has 0 bridgehead atoms. The molecule has 0 saturated carbocycles. The van der Waals surface area contributed by atoms with Gasteiger partial charge >= 0.3 is 0 Å². The van der Waals surface area contributed by atoms with E-state index in [1.54, 1.807) is 12.1 Å². The Labute approximate surface area is 101 Å². The molecule has 1 unspecified atom stereocenters. The molecule has 0 spiro atoms. The first kappa shape index (κ1) is 13.5. The zero-order valence-corrected chi connectivity index (χ0v) is 9.85. The standard InChI is InChI=1S/C12H18N2O3/c1-17-8-11(13)12(16)14-7-6-9-2-4-10(15)5-3-9/h2-5,11,15H,6-8,13H2,1H3,(H,14,16). The summed E-state index contributed by atoms with van der Waals surface area (Å²) < 4.78 is 4.79. The van der Waals surface area contributed by atoms with Gasteiger partial charge in [-0.3, -0.25) is 4.79 Å². The smallest absolute Gasteiger partial charge is 0.239 e. The maximum absolute atomic E-state index is 11.4. The average molecular weight is 238 g/mol. The largest absolute Gasteiger partial charge is 0.508 e. The highest BCUT2D eigenvalue weighted by molar-refractivity contribution is 5.81. The zero-order valence-electron chi connectivity index (χ0n) is 9.85. The number of carbonyl (C=O) groups is 1. The minimum Gasteiger partial charge on any atom is -0.508 e. The van der Waals surface area contributed by atoms with Crippen molar-refractivity contribution >= 4 is 5.91 Å². The SMILES string of the molecule is COCC(N)C(=O)NCCc1ccc(O)cc1. The fourth-order valence-corrected chi connectivity index (χ4v) is 1.38.